The average molecular weight is 308 g/mol. The number of nitrogens with one attached hydrogen (secondary N) is 1. The Bertz CT molecular complexity index is 599. The van der Waals surface area contributed by atoms with Crippen LogP contribution in [0.25, 0.3) is 0 Å². The van der Waals surface area contributed by atoms with E-state index in [1.165, 1.54) is 0 Å². The van der Waals surface area contributed by atoms with Gasteiger partial charge in [0.05, 0.1) is 5.38 Å². The van der Waals surface area contributed by atoms with Gasteiger partial charge in [-0.05, 0) is 30.2 Å². The Morgan fingerprint density at radius 2 is 1.90 bits per heavy atom. The van der Waals surface area contributed by atoms with Gasteiger partial charge in [0, 0.05) is 17.1 Å². The summed E-state index contributed by atoms with van der Waals surface area (Å²) in [4.78, 5) is 12.0. The molecule has 1 amide bonds. The largest absolute Gasteiger partial charge is 0.350 e. The summed E-state index contributed by atoms with van der Waals surface area (Å²) in [6.45, 7) is 2.27. The third-order valence-electron chi connectivity index (χ3n) is 3.04. The van der Waals surface area contributed by atoms with E-state index in [0.29, 0.717) is 17.1 Å². The maximum Gasteiger partial charge on any atom is 0.251 e. The van der Waals surface area contributed by atoms with Crippen molar-refractivity contribution in [3.05, 3.63) is 70.2 Å². The molecule has 0 saturated heterocycles. The van der Waals surface area contributed by atoms with Gasteiger partial charge < -0.3 is 5.32 Å². The minimum atomic E-state index is -0.249. The van der Waals surface area contributed by atoms with Crippen LogP contribution in [-0.4, -0.2) is 12.5 Å². The predicted octanol–water partition coefficient (Wildman–Crippen LogP) is 4.36. The van der Waals surface area contributed by atoms with Crippen LogP contribution < -0.4 is 5.32 Å². The third kappa shape index (κ3) is 3.75. The zero-order chi connectivity index (χ0) is 14.5. The van der Waals surface area contributed by atoms with Crippen molar-refractivity contribution in [2.75, 3.05) is 6.54 Å². The van der Waals surface area contributed by atoms with Crippen LogP contribution >= 0.6 is 23.2 Å². The summed E-state index contributed by atoms with van der Waals surface area (Å²) in [5.74, 6) is -0.173. The van der Waals surface area contributed by atoms with Crippen LogP contribution in [0, 0.1) is 6.92 Å². The molecule has 0 aliphatic heterocycles. The molecule has 0 aliphatic carbocycles. The topological polar surface area (TPSA) is 29.1 Å². The monoisotopic (exact) mass is 307 g/mol. The molecule has 20 heavy (non-hydrogen) atoms. The second-order valence-electron chi connectivity index (χ2n) is 4.55. The molecule has 1 atom stereocenters. The van der Waals surface area contributed by atoms with Gasteiger partial charge in [-0.2, -0.15) is 0 Å². The average Bonchev–Trinajstić information content (AvgIpc) is 2.48. The number of rotatable bonds is 4. The van der Waals surface area contributed by atoms with Crippen LogP contribution in [-0.2, 0) is 0 Å². The molecule has 2 nitrogen and oxygen atoms in total. The second kappa shape index (κ2) is 6.78. The van der Waals surface area contributed by atoms with E-state index in [-0.39, 0.29) is 11.3 Å². The van der Waals surface area contributed by atoms with Gasteiger partial charge in [0.15, 0.2) is 0 Å². The molecule has 4 heteroatoms. The van der Waals surface area contributed by atoms with Gasteiger partial charge in [-0.1, -0.05) is 48.0 Å². The Kier molecular flexibility index (Phi) is 5.05. The fourth-order valence-electron chi connectivity index (χ4n) is 1.80. The summed E-state index contributed by atoms with van der Waals surface area (Å²) in [6, 6.07) is 14.9. The number of benzene rings is 2. The van der Waals surface area contributed by atoms with Gasteiger partial charge in [0.1, 0.15) is 0 Å². The van der Waals surface area contributed by atoms with Crippen molar-refractivity contribution >= 4 is 29.1 Å². The van der Waals surface area contributed by atoms with Crippen molar-refractivity contribution in [3.8, 4) is 0 Å². The second-order valence-corrected chi connectivity index (χ2v) is 5.49. The number of halogens is 2. The zero-order valence-electron chi connectivity index (χ0n) is 11.1. The summed E-state index contributed by atoms with van der Waals surface area (Å²) >= 11 is 12.3. The van der Waals surface area contributed by atoms with E-state index >= 15 is 0 Å². The Morgan fingerprint density at radius 3 is 2.55 bits per heavy atom. The van der Waals surface area contributed by atoms with Gasteiger partial charge in [0.2, 0.25) is 0 Å². The van der Waals surface area contributed by atoms with E-state index in [1.54, 1.807) is 12.1 Å². The van der Waals surface area contributed by atoms with Gasteiger partial charge >= 0.3 is 0 Å². The van der Waals surface area contributed by atoms with Crippen LogP contribution in [0.4, 0.5) is 0 Å². The van der Waals surface area contributed by atoms with E-state index in [0.717, 1.165) is 11.1 Å². The van der Waals surface area contributed by atoms with Crippen molar-refractivity contribution in [1.29, 1.82) is 0 Å². The highest BCUT2D eigenvalue weighted by Gasteiger charge is 2.11. The molecule has 104 valence electrons. The summed E-state index contributed by atoms with van der Waals surface area (Å²) < 4.78 is 0. The lowest BCUT2D eigenvalue weighted by atomic mass is 10.1. The number of amides is 1. The van der Waals surface area contributed by atoms with Gasteiger partial charge in [-0.3, -0.25) is 4.79 Å². The van der Waals surface area contributed by atoms with Crippen molar-refractivity contribution in [2.24, 2.45) is 0 Å². The van der Waals surface area contributed by atoms with Crippen molar-refractivity contribution in [1.82, 2.24) is 5.32 Å². The van der Waals surface area contributed by atoms with Crippen LogP contribution in [0.1, 0.15) is 26.9 Å². The molecule has 2 aromatic carbocycles. The predicted molar refractivity (Wildman–Crippen MR) is 83.6 cm³/mol. The SMILES string of the molecule is Cc1ccc(C(=O)NCC(Cl)c2ccccc2)cc1Cl. The lowest BCUT2D eigenvalue weighted by Gasteiger charge is -2.11. The Hall–Kier alpha value is -1.51. The first-order chi connectivity index (χ1) is 9.58. The van der Waals surface area contributed by atoms with Crippen LogP contribution in [0.5, 0.6) is 0 Å². The first-order valence-corrected chi connectivity index (χ1v) is 7.12. The first-order valence-electron chi connectivity index (χ1n) is 6.31. The number of carbonyl (C=O) groups is 1. The van der Waals surface area contributed by atoms with Crippen molar-refractivity contribution in [3.63, 3.8) is 0 Å². The smallest absolute Gasteiger partial charge is 0.251 e. The maximum absolute atomic E-state index is 12.0. The van der Waals surface area contributed by atoms with E-state index in [9.17, 15) is 4.79 Å². The molecule has 0 aromatic heterocycles. The van der Waals surface area contributed by atoms with Gasteiger partial charge in [-0.25, -0.2) is 0 Å². The molecule has 2 aromatic rings. The quantitative estimate of drug-likeness (QED) is 0.836. The molecule has 1 N–H and O–H groups in total. The van der Waals surface area contributed by atoms with E-state index in [4.69, 9.17) is 23.2 Å². The molecule has 0 aliphatic rings. The highest BCUT2D eigenvalue weighted by Crippen LogP contribution is 2.19. The molecule has 0 fully saturated rings. The normalized spacial score (nSPS) is 11.9. The van der Waals surface area contributed by atoms with Gasteiger partial charge in [-0.15, -0.1) is 11.6 Å². The maximum atomic E-state index is 12.0. The Labute approximate surface area is 128 Å². The van der Waals surface area contributed by atoms with Crippen LogP contribution in [0.2, 0.25) is 5.02 Å². The van der Waals surface area contributed by atoms with Crippen LogP contribution in [0.3, 0.4) is 0 Å². The number of alkyl halides is 1. The molecule has 0 bridgehead atoms. The van der Waals surface area contributed by atoms with E-state index < -0.39 is 0 Å². The third-order valence-corrected chi connectivity index (χ3v) is 3.85. The molecular weight excluding hydrogens is 293 g/mol. The molecule has 0 heterocycles. The molecule has 1 unspecified atom stereocenters. The van der Waals surface area contributed by atoms with E-state index in [1.807, 2.05) is 43.3 Å². The fourth-order valence-corrected chi connectivity index (χ4v) is 2.20. The standard InChI is InChI=1S/C16H15Cl2NO/c1-11-7-8-13(9-14(11)17)16(20)19-10-15(18)12-5-3-2-4-6-12/h2-9,15H,10H2,1H3,(H,19,20). The molecular formula is C16H15Cl2NO. The molecule has 0 saturated carbocycles. The van der Waals surface area contributed by atoms with Crippen molar-refractivity contribution in [2.45, 2.75) is 12.3 Å². The highest BCUT2D eigenvalue weighted by molar-refractivity contribution is 6.31. The molecule has 2 rings (SSSR count). The van der Waals surface area contributed by atoms with E-state index in [2.05, 4.69) is 5.32 Å². The minimum absolute atomic E-state index is 0.173. The Balaban J connectivity index is 1.97. The summed E-state index contributed by atoms with van der Waals surface area (Å²) in [5, 5.41) is 3.15. The van der Waals surface area contributed by atoms with Crippen molar-refractivity contribution < 1.29 is 4.79 Å². The summed E-state index contributed by atoms with van der Waals surface area (Å²) in [7, 11) is 0. The highest BCUT2D eigenvalue weighted by atomic mass is 35.5. The lowest BCUT2D eigenvalue weighted by molar-refractivity contribution is 0.0953. The molecule has 0 radical (unpaired) electrons. The van der Waals surface area contributed by atoms with Crippen LogP contribution in [0.15, 0.2) is 48.5 Å². The lowest BCUT2D eigenvalue weighted by Crippen LogP contribution is -2.26. The zero-order valence-corrected chi connectivity index (χ0v) is 12.6. The molecule has 0 spiro atoms. The minimum Gasteiger partial charge on any atom is -0.350 e. The summed E-state index contributed by atoms with van der Waals surface area (Å²) in [5.41, 5.74) is 2.47. The number of carbonyl (C=O) groups excluding carboxylic acids is 1. The fraction of sp³-hybridized carbons (Fsp3) is 0.188. The number of hydrogen-bond acceptors (Lipinski definition) is 1. The summed E-state index contributed by atoms with van der Waals surface area (Å²) in [6.07, 6.45) is 0. The number of aryl methyl sites for hydroxylation is 1. The first kappa shape index (κ1) is 14.9. The number of hydrogen-bond donors (Lipinski definition) is 1. The Morgan fingerprint density at radius 1 is 1.20 bits per heavy atom. The van der Waals surface area contributed by atoms with Gasteiger partial charge in [0.25, 0.3) is 5.91 Å².